The van der Waals surface area contributed by atoms with Crippen molar-refractivity contribution in [2.45, 2.75) is 45.9 Å². The minimum absolute atomic E-state index is 0.0273. The van der Waals surface area contributed by atoms with Gasteiger partial charge < -0.3 is 19.1 Å². The molecule has 230 valence electrons. The standard InChI is InChI=1S/C29H35FN6O6S/c1-17(2)25(37)33-11-8-20(15-33)35-26(38)24-18(3)27(36-31-9-10-32-36)43-28(24)34(29(35)39)16-23(42-13-12-40-4)21-14-19(30)6-7-22(21)41-5/h6-7,9-10,14,17,20,23H,8,11-13,15-16H2,1-5H3/t20-,23-/m0/s1. The van der Waals surface area contributed by atoms with Gasteiger partial charge in [0.25, 0.3) is 5.56 Å². The van der Waals surface area contributed by atoms with Gasteiger partial charge in [-0.05, 0) is 31.5 Å². The Morgan fingerprint density at radius 2 is 1.91 bits per heavy atom. The first-order valence-corrected chi connectivity index (χ1v) is 14.9. The summed E-state index contributed by atoms with van der Waals surface area (Å²) in [7, 11) is 3.02. The fourth-order valence-electron chi connectivity index (χ4n) is 5.50. The molecule has 4 heterocycles. The molecule has 0 radical (unpaired) electrons. The van der Waals surface area contributed by atoms with Crippen molar-refractivity contribution in [3.63, 3.8) is 0 Å². The van der Waals surface area contributed by atoms with Crippen LogP contribution in [0.25, 0.3) is 15.2 Å². The lowest BCUT2D eigenvalue weighted by Gasteiger charge is -2.24. The van der Waals surface area contributed by atoms with Crippen molar-refractivity contribution < 1.29 is 23.4 Å². The quantitative estimate of drug-likeness (QED) is 0.236. The summed E-state index contributed by atoms with van der Waals surface area (Å²) in [5.41, 5.74) is 0.0518. The summed E-state index contributed by atoms with van der Waals surface area (Å²) >= 11 is 1.21. The zero-order chi connectivity index (χ0) is 30.8. The average Bonchev–Trinajstić information content (AvgIpc) is 3.75. The molecule has 0 saturated carbocycles. The molecule has 4 aromatic rings. The Hall–Kier alpha value is -3.88. The number of amides is 1. The summed E-state index contributed by atoms with van der Waals surface area (Å²) in [6.07, 6.45) is 2.69. The summed E-state index contributed by atoms with van der Waals surface area (Å²) < 4.78 is 34.1. The van der Waals surface area contributed by atoms with Crippen molar-refractivity contribution in [3.8, 4) is 10.8 Å². The van der Waals surface area contributed by atoms with Gasteiger partial charge >= 0.3 is 5.69 Å². The number of fused-ring (bicyclic) bond motifs is 1. The van der Waals surface area contributed by atoms with E-state index >= 15 is 0 Å². The van der Waals surface area contributed by atoms with Gasteiger partial charge in [-0.2, -0.15) is 10.2 Å². The Balaban J connectivity index is 1.70. The SMILES string of the molecule is COCCO[C@@H](Cn1c(=O)n([C@H]2CCN(C(=O)C(C)C)C2)c(=O)c2c(C)c(-n3nccn3)sc21)c1cc(F)ccc1OC. The lowest BCUT2D eigenvalue weighted by molar-refractivity contribution is -0.133. The molecule has 3 aromatic heterocycles. The Kier molecular flexibility index (Phi) is 9.08. The first-order chi connectivity index (χ1) is 20.7. The fourth-order valence-corrected chi connectivity index (χ4v) is 6.72. The fraction of sp³-hybridized carbons (Fsp3) is 0.483. The van der Waals surface area contributed by atoms with E-state index in [9.17, 15) is 18.8 Å². The number of rotatable bonds is 11. The van der Waals surface area contributed by atoms with Crippen LogP contribution in [0.3, 0.4) is 0 Å². The van der Waals surface area contributed by atoms with Gasteiger partial charge in [-0.1, -0.05) is 25.2 Å². The number of carbonyl (C=O) groups excluding carboxylic acids is 1. The van der Waals surface area contributed by atoms with Crippen LogP contribution in [0.2, 0.25) is 0 Å². The van der Waals surface area contributed by atoms with Crippen molar-refractivity contribution >= 4 is 27.5 Å². The van der Waals surface area contributed by atoms with Gasteiger partial charge in [0, 0.05) is 37.2 Å². The number of methoxy groups -OCH3 is 2. The number of aromatic nitrogens is 5. The molecule has 1 saturated heterocycles. The molecule has 0 unspecified atom stereocenters. The van der Waals surface area contributed by atoms with Crippen LogP contribution in [0.4, 0.5) is 4.39 Å². The van der Waals surface area contributed by atoms with Crippen molar-refractivity contribution in [2.75, 3.05) is 40.5 Å². The number of hydrogen-bond acceptors (Lipinski definition) is 9. The molecule has 43 heavy (non-hydrogen) atoms. The van der Waals surface area contributed by atoms with Crippen molar-refractivity contribution in [1.29, 1.82) is 0 Å². The van der Waals surface area contributed by atoms with Gasteiger partial charge in [0.15, 0.2) is 0 Å². The average molecular weight is 615 g/mol. The Labute approximate surface area is 251 Å². The van der Waals surface area contributed by atoms with Crippen molar-refractivity contribution in [2.24, 2.45) is 5.92 Å². The number of thiophene rings is 1. The van der Waals surface area contributed by atoms with E-state index in [1.165, 1.54) is 63.0 Å². The molecule has 0 bridgehead atoms. The third kappa shape index (κ3) is 5.86. The maximum atomic E-state index is 14.5. The molecule has 1 aliphatic rings. The van der Waals surface area contributed by atoms with Crippen LogP contribution < -0.4 is 16.0 Å². The molecule has 1 aromatic carbocycles. The zero-order valence-corrected chi connectivity index (χ0v) is 25.6. The summed E-state index contributed by atoms with van der Waals surface area (Å²) in [5.74, 6) is -0.327. The first kappa shape index (κ1) is 30.6. The molecule has 0 N–H and O–H groups in total. The van der Waals surface area contributed by atoms with Crippen LogP contribution in [-0.2, 0) is 20.8 Å². The molecule has 2 atom stereocenters. The second-order valence-electron chi connectivity index (χ2n) is 10.7. The molecular weight excluding hydrogens is 579 g/mol. The second-order valence-corrected chi connectivity index (χ2v) is 11.7. The van der Waals surface area contributed by atoms with Crippen LogP contribution >= 0.6 is 11.3 Å². The smallest absolute Gasteiger partial charge is 0.332 e. The van der Waals surface area contributed by atoms with Crippen LogP contribution in [0.1, 0.15) is 43.5 Å². The molecule has 14 heteroatoms. The van der Waals surface area contributed by atoms with Crippen LogP contribution in [0.5, 0.6) is 5.75 Å². The van der Waals surface area contributed by atoms with E-state index in [1.807, 2.05) is 13.8 Å². The monoisotopic (exact) mass is 614 g/mol. The van der Waals surface area contributed by atoms with Gasteiger partial charge in [-0.25, -0.2) is 9.18 Å². The number of aryl methyl sites for hydroxylation is 1. The Bertz CT molecular complexity index is 1730. The Morgan fingerprint density at radius 3 is 2.58 bits per heavy atom. The molecule has 12 nitrogen and oxygen atoms in total. The summed E-state index contributed by atoms with van der Waals surface area (Å²) in [6.45, 7) is 6.53. The van der Waals surface area contributed by atoms with E-state index in [1.54, 1.807) is 18.9 Å². The van der Waals surface area contributed by atoms with E-state index in [0.29, 0.717) is 45.1 Å². The Morgan fingerprint density at radius 1 is 1.16 bits per heavy atom. The number of likely N-dealkylation sites (tertiary alicyclic amines) is 1. The lowest BCUT2D eigenvalue weighted by Crippen LogP contribution is -2.44. The molecule has 1 amide bonds. The highest BCUT2D eigenvalue weighted by atomic mass is 32.1. The predicted octanol–water partition coefficient (Wildman–Crippen LogP) is 3.10. The topological polar surface area (TPSA) is 123 Å². The number of benzene rings is 1. The van der Waals surface area contributed by atoms with Gasteiger partial charge in [0.1, 0.15) is 27.5 Å². The normalized spacial score (nSPS) is 16.0. The predicted molar refractivity (Wildman–Crippen MR) is 159 cm³/mol. The molecule has 0 aliphatic carbocycles. The number of nitrogens with zero attached hydrogens (tertiary/aromatic N) is 6. The molecule has 5 rings (SSSR count). The van der Waals surface area contributed by atoms with Crippen molar-refractivity contribution in [3.05, 3.63) is 68.4 Å². The lowest BCUT2D eigenvalue weighted by atomic mass is 10.1. The minimum atomic E-state index is -0.830. The third-order valence-corrected chi connectivity index (χ3v) is 8.93. The van der Waals surface area contributed by atoms with Gasteiger partial charge in [0.05, 0.1) is 50.7 Å². The maximum Gasteiger partial charge on any atom is 0.332 e. The highest BCUT2D eigenvalue weighted by molar-refractivity contribution is 7.21. The number of halogens is 1. The van der Waals surface area contributed by atoms with E-state index in [-0.39, 0.29) is 38.1 Å². The highest BCUT2D eigenvalue weighted by Crippen LogP contribution is 2.34. The molecule has 1 aliphatic heterocycles. The highest BCUT2D eigenvalue weighted by Gasteiger charge is 2.33. The number of carbonyl (C=O) groups is 1. The summed E-state index contributed by atoms with van der Waals surface area (Å²) in [5, 5.41) is 9.42. The maximum absolute atomic E-state index is 14.5. The van der Waals surface area contributed by atoms with E-state index in [0.717, 1.165) is 0 Å². The molecular formula is C29H35FN6O6S. The first-order valence-electron chi connectivity index (χ1n) is 14.0. The number of hydrogen-bond donors (Lipinski definition) is 0. The summed E-state index contributed by atoms with van der Waals surface area (Å²) in [4.78, 5) is 44.7. The van der Waals surface area contributed by atoms with Crippen LogP contribution in [0, 0.1) is 18.7 Å². The van der Waals surface area contributed by atoms with Gasteiger partial charge in [-0.15, -0.1) is 4.80 Å². The van der Waals surface area contributed by atoms with E-state index in [4.69, 9.17) is 14.2 Å². The zero-order valence-electron chi connectivity index (χ0n) is 24.8. The third-order valence-electron chi connectivity index (χ3n) is 7.65. The van der Waals surface area contributed by atoms with E-state index in [2.05, 4.69) is 10.2 Å². The van der Waals surface area contributed by atoms with Gasteiger partial charge in [0.2, 0.25) is 5.91 Å². The second kappa shape index (κ2) is 12.8. The number of ether oxygens (including phenoxy) is 3. The molecule has 1 fully saturated rings. The van der Waals surface area contributed by atoms with E-state index < -0.39 is 29.2 Å². The summed E-state index contributed by atoms with van der Waals surface area (Å²) in [6, 6.07) is 3.60. The van der Waals surface area contributed by atoms with Crippen LogP contribution in [-0.4, -0.2) is 75.5 Å². The largest absolute Gasteiger partial charge is 0.496 e. The van der Waals surface area contributed by atoms with Crippen molar-refractivity contribution in [1.82, 2.24) is 29.0 Å². The minimum Gasteiger partial charge on any atom is -0.496 e. The van der Waals surface area contributed by atoms with Gasteiger partial charge in [-0.3, -0.25) is 18.7 Å². The molecule has 0 spiro atoms. The van der Waals surface area contributed by atoms with Crippen LogP contribution in [0.15, 0.2) is 40.2 Å².